The largest absolute Gasteiger partial charge is 0.436 e. The van der Waals surface area contributed by atoms with Crippen molar-refractivity contribution >= 4 is 34.1 Å². The molecule has 0 unspecified atom stereocenters. The zero-order valence-corrected chi connectivity index (χ0v) is 13.1. The molecule has 24 heavy (non-hydrogen) atoms. The summed E-state index contributed by atoms with van der Waals surface area (Å²) >= 11 is 5.91. The van der Waals surface area contributed by atoms with Crippen LogP contribution in [0.4, 0.5) is 24.5 Å². The number of anilines is 2. The highest BCUT2D eigenvalue weighted by Crippen LogP contribution is 2.30. The van der Waals surface area contributed by atoms with Gasteiger partial charge in [0.1, 0.15) is 5.52 Å². The van der Waals surface area contributed by atoms with Crippen molar-refractivity contribution in [2.45, 2.75) is 12.6 Å². The molecule has 0 aliphatic heterocycles. The number of nitrogen functional groups attached to an aromatic ring is 1. The molecular weight excluding hydrogens is 343 g/mol. The number of aromatic nitrogens is 1. The van der Waals surface area contributed by atoms with Gasteiger partial charge in [-0.1, -0.05) is 11.6 Å². The molecule has 3 aromatic rings. The first-order valence-corrected chi connectivity index (χ1v) is 7.46. The number of hydrogen-bond acceptors (Lipinski definition) is 4. The van der Waals surface area contributed by atoms with Crippen LogP contribution in [0.1, 0.15) is 6.42 Å². The van der Waals surface area contributed by atoms with Crippen LogP contribution in [0.2, 0.25) is 5.02 Å². The van der Waals surface area contributed by atoms with E-state index in [2.05, 4.69) is 10.3 Å². The highest BCUT2D eigenvalue weighted by atomic mass is 35.5. The number of benzene rings is 2. The van der Waals surface area contributed by atoms with Crippen LogP contribution in [0.3, 0.4) is 0 Å². The van der Waals surface area contributed by atoms with Crippen molar-refractivity contribution in [1.29, 1.82) is 0 Å². The first-order chi connectivity index (χ1) is 11.3. The predicted octanol–water partition coefficient (Wildman–Crippen LogP) is 5.09. The van der Waals surface area contributed by atoms with Gasteiger partial charge in [-0.05, 0) is 36.4 Å². The molecule has 0 radical (unpaired) electrons. The number of oxazole rings is 1. The highest BCUT2D eigenvalue weighted by molar-refractivity contribution is 6.31. The third kappa shape index (κ3) is 3.73. The molecule has 0 atom stereocenters. The monoisotopic (exact) mass is 355 g/mol. The molecule has 2 aromatic carbocycles. The van der Waals surface area contributed by atoms with E-state index in [-0.39, 0.29) is 6.54 Å². The molecule has 0 amide bonds. The van der Waals surface area contributed by atoms with Crippen molar-refractivity contribution in [3.8, 4) is 11.5 Å². The number of hydrogen-bond donors (Lipinski definition) is 2. The number of nitrogens with one attached hydrogen (secondary N) is 1. The lowest BCUT2D eigenvalue weighted by molar-refractivity contribution is -0.131. The lowest BCUT2D eigenvalue weighted by atomic mass is 10.1. The number of alkyl halides is 3. The molecule has 0 aliphatic rings. The maximum absolute atomic E-state index is 12.2. The van der Waals surface area contributed by atoms with E-state index >= 15 is 0 Å². The summed E-state index contributed by atoms with van der Waals surface area (Å²) in [7, 11) is 0. The molecule has 3 N–H and O–H groups in total. The second-order valence-electron chi connectivity index (χ2n) is 5.23. The van der Waals surface area contributed by atoms with E-state index in [1.165, 1.54) is 0 Å². The Morgan fingerprint density at radius 2 is 1.96 bits per heavy atom. The van der Waals surface area contributed by atoms with Crippen LogP contribution in [-0.4, -0.2) is 17.7 Å². The number of nitrogens with two attached hydrogens (primary N) is 1. The van der Waals surface area contributed by atoms with E-state index in [9.17, 15) is 13.2 Å². The molecule has 0 saturated heterocycles. The maximum Gasteiger partial charge on any atom is 0.390 e. The molecule has 4 nitrogen and oxygen atoms in total. The minimum atomic E-state index is -4.21. The van der Waals surface area contributed by atoms with Gasteiger partial charge in [-0.25, -0.2) is 4.98 Å². The van der Waals surface area contributed by atoms with E-state index in [0.29, 0.717) is 39.0 Å². The topological polar surface area (TPSA) is 64.1 Å². The summed E-state index contributed by atoms with van der Waals surface area (Å²) in [6.45, 7) is -0.242. The fourth-order valence-electron chi connectivity index (χ4n) is 2.22. The smallest absolute Gasteiger partial charge is 0.390 e. The summed E-state index contributed by atoms with van der Waals surface area (Å²) in [6.07, 6.45) is -5.14. The van der Waals surface area contributed by atoms with Gasteiger partial charge in [-0.15, -0.1) is 0 Å². The molecule has 1 aromatic heterocycles. The van der Waals surface area contributed by atoms with Gasteiger partial charge in [-0.2, -0.15) is 13.2 Å². The van der Waals surface area contributed by atoms with Gasteiger partial charge in [0.15, 0.2) is 5.58 Å². The molecule has 0 aliphatic carbocycles. The molecule has 3 rings (SSSR count). The Bertz CT molecular complexity index is 877. The minimum Gasteiger partial charge on any atom is -0.436 e. The quantitative estimate of drug-likeness (QED) is 0.639. The van der Waals surface area contributed by atoms with Gasteiger partial charge in [0, 0.05) is 17.1 Å². The Morgan fingerprint density at radius 3 is 2.67 bits per heavy atom. The molecule has 126 valence electrons. The van der Waals surface area contributed by atoms with Crippen LogP contribution < -0.4 is 11.1 Å². The fraction of sp³-hybridized carbons (Fsp3) is 0.188. The molecular formula is C16H13ClF3N3O. The molecule has 0 saturated carbocycles. The van der Waals surface area contributed by atoms with Crippen molar-refractivity contribution in [3.05, 3.63) is 41.4 Å². The average molecular weight is 356 g/mol. The van der Waals surface area contributed by atoms with Gasteiger partial charge in [0.2, 0.25) is 5.89 Å². The Hall–Kier alpha value is -2.41. The van der Waals surface area contributed by atoms with Gasteiger partial charge in [-0.3, -0.25) is 0 Å². The van der Waals surface area contributed by atoms with Crippen LogP contribution in [0, 0.1) is 0 Å². The Morgan fingerprint density at radius 1 is 1.17 bits per heavy atom. The molecule has 0 bridgehead atoms. The Labute approximate surface area is 140 Å². The van der Waals surface area contributed by atoms with Gasteiger partial charge in [0.05, 0.1) is 17.8 Å². The SMILES string of the molecule is Nc1cc(-c2nc3cc(Cl)ccc3o2)ccc1NCCC(F)(F)F. The number of fused-ring (bicyclic) bond motifs is 1. The zero-order valence-electron chi connectivity index (χ0n) is 12.3. The summed E-state index contributed by atoms with van der Waals surface area (Å²) in [6, 6.07) is 9.97. The second-order valence-corrected chi connectivity index (χ2v) is 5.66. The van der Waals surface area contributed by atoms with Gasteiger partial charge in [0.25, 0.3) is 0 Å². The van der Waals surface area contributed by atoms with Crippen LogP contribution in [-0.2, 0) is 0 Å². The van der Waals surface area contributed by atoms with Gasteiger partial charge >= 0.3 is 6.18 Å². The van der Waals surface area contributed by atoms with Gasteiger partial charge < -0.3 is 15.5 Å². The number of rotatable bonds is 4. The molecule has 0 spiro atoms. The molecule has 1 heterocycles. The summed E-state index contributed by atoms with van der Waals surface area (Å²) in [5, 5.41) is 3.22. The van der Waals surface area contributed by atoms with E-state index < -0.39 is 12.6 Å². The van der Waals surface area contributed by atoms with Crippen molar-refractivity contribution < 1.29 is 17.6 Å². The lowest BCUT2D eigenvalue weighted by Crippen LogP contribution is -2.15. The van der Waals surface area contributed by atoms with Crippen molar-refractivity contribution in [1.82, 2.24) is 4.98 Å². The van der Waals surface area contributed by atoms with E-state index in [4.69, 9.17) is 21.8 Å². The Balaban J connectivity index is 1.80. The summed E-state index contributed by atoms with van der Waals surface area (Å²) in [5.41, 5.74) is 8.46. The Kier molecular flexibility index (Phi) is 4.28. The predicted molar refractivity (Wildman–Crippen MR) is 88.0 cm³/mol. The maximum atomic E-state index is 12.2. The highest BCUT2D eigenvalue weighted by Gasteiger charge is 2.26. The van der Waals surface area contributed by atoms with Crippen LogP contribution in [0.25, 0.3) is 22.6 Å². The van der Waals surface area contributed by atoms with Crippen molar-refractivity contribution in [2.24, 2.45) is 0 Å². The van der Waals surface area contributed by atoms with Crippen LogP contribution in [0.5, 0.6) is 0 Å². The fourth-order valence-corrected chi connectivity index (χ4v) is 2.39. The van der Waals surface area contributed by atoms with Crippen LogP contribution >= 0.6 is 11.6 Å². The molecule has 8 heteroatoms. The number of nitrogens with zero attached hydrogens (tertiary/aromatic N) is 1. The number of halogens is 4. The summed E-state index contributed by atoms with van der Waals surface area (Å²) in [4.78, 5) is 4.33. The molecule has 0 fully saturated rings. The average Bonchev–Trinajstić information content (AvgIpc) is 2.90. The van der Waals surface area contributed by atoms with Crippen LogP contribution in [0.15, 0.2) is 40.8 Å². The van der Waals surface area contributed by atoms with Crippen molar-refractivity contribution in [3.63, 3.8) is 0 Å². The second kappa shape index (κ2) is 6.24. The third-order valence-electron chi connectivity index (χ3n) is 3.37. The third-order valence-corrected chi connectivity index (χ3v) is 3.61. The van der Waals surface area contributed by atoms with E-state index in [0.717, 1.165) is 0 Å². The zero-order chi connectivity index (χ0) is 17.3. The normalized spacial score (nSPS) is 11.8. The first-order valence-electron chi connectivity index (χ1n) is 7.08. The lowest BCUT2D eigenvalue weighted by Gasteiger charge is -2.11. The summed E-state index contributed by atoms with van der Waals surface area (Å²) in [5.74, 6) is 0.362. The van der Waals surface area contributed by atoms with E-state index in [1.54, 1.807) is 36.4 Å². The first kappa shape index (κ1) is 16.4. The van der Waals surface area contributed by atoms with Crippen molar-refractivity contribution in [2.75, 3.05) is 17.6 Å². The minimum absolute atomic E-state index is 0.242. The standard InChI is InChI=1S/C16H13ClF3N3O/c17-10-2-4-14-13(8-10)23-15(24-14)9-1-3-12(11(21)7-9)22-6-5-16(18,19)20/h1-4,7-8,22H,5-6,21H2. The van der Waals surface area contributed by atoms with E-state index in [1.807, 2.05) is 0 Å². The summed E-state index contributed by atoms with van der Waals surface area (Å²) < 4.78 is 42.2.